The first kappa shape index (κ1) is 12.9. The first-order valence-electron chi connectivity index (χ1n) is 5.06. The highest BCUT2D eigenvalue weighted by Gasteiger charge is 2.18. The summed E-state index contributed by atoms with van der Waals surface area (Å²) in [7, 11) is 0. The number of hydrogen-bond donors (Lipinski definition) is 2. The lowest BCUT2D eigenvalue weighted by Crippen LogP contribution is -2.39. The highest BCUT2D eigenvalue weighted by Crippen LogP contribution is 2.23. The van der Waals surface area contributed by atoms with Gasteiger partial charge in [0.25, 0.3) is 5.69 Å². The SMILES string of the molecule is CC(C)(CN)Nc1ccc([N+](=O)[O-])c(C#N)c1. The molecule has 0 aromatic heterocycles. The van der Waals surface area contributed by atoms with E-state index >= 15 is 0 Å². The average molecular weight is 234 g/mol. The van der Waals surface area contributed by atoms with Crippen molar-refractivity contribution in [1.82, 2.24) is 0 Å². The average Bonchev–Trinajstić information content (AvgIpc) is 2.28. The maximum Gasteiger partial charge on any atom is 0.287 e. The summed E-state index contributed by atoms with van der Waals surface area (Å²) < 4.78 is 0. The van der Waals surface area contributed by atoms with E-state index < -0.39 is 4.92 Å². The van der Waals surface area contributed by atoms with Gasteiger partial charge in [0.15, 0.2) is 0 Å². The molecule has 0 fully saturated rings. The van der Waals surface area contributed by atoms with E-state index in [2.05, 4.69) is 5.32 Å². The van der Waals surface area contributed by atoms with E-state index in [1.54, 1.807) is 6.07 Å². The second-order valence-electron chi connectivity index (χ2n) is 4.31. The van der Waals surface area contributed by atoms with Gasteiger partial charge in [-0.3, -0.25) is 10.1 Å². The monoisotopic (exact) mass is 234 g/mol. The fraction of sp³-hybridized carbons (Fsp3) is 0.364. The molecule has 0 unspecified atom stereocenters. The van der Waals surface area contributed by atoms with E-state index in [0.29, 0.717) is 12.2 Å². The fourth-order valence-electron chi connectivity index (χ4n) is 1.30. The molecule has 0 saturated carbocycles. The zero-order chi connectivity index (χ0) is 13.1. The molecular weight excluding hydrogens is 220 g/mol. The van der Waals surface area contributed by atoms with Gasteiger partial charge in [-0.1, -0.05) is 0 Å². The molecule has 0 bridgehead atoms. The third kappa shape index (κ3) is 3.16. The number of nitrogens with two attached hydrogens (primary N) is 1. The third-order valence-electron chi connectivity index (χ3n) is 2.31. The number of nitro benzene ring substituents is 1. The summed E-state index contributed by atoms with van der Waals surface area (Å²) in [5.41, 5.74) is 5.72. The van der Waals surface area contributed by atoms with Crippen molar-refractivity contribution < 1.29 is 4.92 Å². The van der Waals surface area contributed by atoms with Gasteiger partial charge in [0.1, 0.15) is 11.6 Å². The number of anilines is 1. The molecule has 6 heteroatoms. The summed E-state index contributed by atoms with van der Waals surface area (Å²) in [6.07, 6.45) is 0. The Morgan fingerprint density at radius 1 is 1.59 bits per heavy atom. The van der Waals surface area contributed by atoms with Crippen LogP contribution in [0, 0.1) is 21.4 Å². The zero-order valence-corrected chi connectivity index (χ0v) is 9.73. The topological polar surface area (TPSA) is 105 Å². The molecule has 1 rings (SSSR count). The number of hydrogen-bond acceptors (Lipinski definition) is 5. The molecule has 1 aromatic rings. The van der Waals surface area contributed by atoms with Gasteiger partial charge >= 0.3 is 0 Å². The van der Waals surface area contributed by atoms with Crippen LogP contribution in [0.15, 0.2) is 18.2 Å². The van der Waals surface area contributed by atoms with Crippen molar-refractivity contribution in [3.63, 3.8) is 0 Å². The van der Waals surface area contributed by atoms with Crippen molar-refractivity contribution in [1.29, 1.82) is 5.26 Å². The van der Waals surface area contributed by atoms with Crippen LogP contribution in [0.3, 0.4) is 0 Å². The van der Waals surface area contributed by atoms with Crippen LogP contribution >= 0.6 is 0 Å². The number of benzene rings is 1. The van der Waals surface area contributed by atoms with Crippen LogP contribution in [0.5, 0.6) is 0 Å². The second kappa shape index (κ2) is 4.80. The first-order chi connectivity index (χ1) is 7.89. The minimum Gasteiger partial charge on any atom is -0.379 e. The van der Waals surface area contributed by atoms with Crippen LogP contribution in [-0.4, -0.2) is 17.0 Å². The summed E-state index contributed by atoms with van der Waals surface area (Å²) in [6.45, 7) is 4.22. The van der Waals surface area contributed by atoms with Crippen molar-refractivity contribution >= 4 is 11.4 Å². The molecule has 0 aliphatic heterocycles. The molecule has 0 saturated heterocycles. The lowest BCUT2D eigenvalue weighted by Gasteiger charge is -2.25. The van der Waals surface area contributed by atoms with E-state index in [4.69, 9.17) is 11.0 Å². The Morgan fingerprint density at radius 2 is 2.24 bits per heavy atom. The molecule has 0 amide bonds. The molecule has 17 heavy (non-hydrogen) atoms. The Kier molecular flexibility index (Phi) is 3.66. The Labute approximate surface area is 99.2 Å². The zero-order valence-electron chi connectivity index (χ0n) is 9.73. The molecule has 0 radical (unpaired) electrons. The lowest BCUT2D eigenvalue weighted by molar-refractivity contribution is -0.385. The van der Waals surface area contributed by atoms with Crippen LogP contribution < -0.4 is 11.1 Å². The van der Waals surface area contributed by atoms with E-state index in [-0.39, 0.29) is 16.8 Å². The molecule has 90 valence electrons. The molecule has 0 spiro atoms. The van der Waals surface area contributed by atoms with E-state index in [1.165, 1.54) is 12.1 Å². The van der Waals surface area contributed by atoms with Gasteiger partial charge in [0.05, 0.1) is 4.92 Å². The molecule has 3 N–H and O–H groups in total. The van der Waals surface area contributed by atoms with Crippen molar-refractivity contribution in [3.05, 3.63) is 33.9 Å². The van der Waals surface area contributed by atoms with Crippen molar-refractivity contribution in [3.8, 4) is 6.07 Å². The van der Waals surface area contributed by atoms with Crippen LogP contribution in [-0.2, 0) is 0 Å². The van der Waals surface area contributed by atoms with Gasteiger partial charge in [-0.25, -0.2) is 0 Å². The van der Waals surface area contributed by atoms with Crippen LogP contribution in [0.2, 0.25) is 0 Å². The van der Waals surface area contributed by atoms with Gasteiger partial charge < -0.3 is 11.1 Å². The summed E-state index contributed by atoms with van der Waals surface area (Å²) in [5, 5.41) is 22.6. The van der Waals surface area contributed by atoms with Gasteiger partial charge in [-0.2, -0.15) is 5.26 Å². The first-order valence-corrected chi connectivity index (χ1v) is 5.06. The highest BCUT2D eigenvalue weighted by molar-refractivity contribution is 5.59. The molecule has 1 aromatic carbocycles. The quantitative estimate of drug-likeness (QED) is 0.608. The Morgan fingerprint density at radius 3 is 2.71 bits per heavy atom. The maximum absolute atomic E-state index is 10.6. The number of nitrogens with zero attached hydrogens (tertiary/aromatic N) is 2. The molecule has 0 atom stereocenters. The Hall–Kier alpha value is -2.13. The van der Waals surface area contributed by atoms with Crippen molar-refractivity contribution in [2.45, 2.75) is 19.4 Å². The van der Waals surface area contributed by atoms with Gasteiger partial charge in [-0.15, -0.1) is 0 Å². The van der Waals surface area contributed by atoms with Gasteiger partial charge in [0.2, 0.25) is 0 Å². The minimum absolute atomic E-state index is 0.0350. The van der Waals surface area contributed by atoms with Crippen LogP contribution in [0.4, 0.5) is 11.4 Å². The standard InChI is InChI=1S/C11H14N4O2/c1-11(2,7-13)14-9-3-4-10(15(16)17)8(5-9)6-12/h3-5,14H,7,13H2,1-2H3. The second-order valence-corrected chi connectivity index (χ2v) is 4.31. The number of nitro groups is 1. The molecule has 0 aliphatic rings. The van der Waals surface area contributed by atoms with Gasteiger partial charge in [0, 0.05) is 23.8 Å². The Balaban J connectivity index is 3.07. The van der Waals surface area contributed by atoms with Crippen LogP contribution in [0.1, 0.15) is 19.4 Å². The number of rotatable bonds is 4. The van der Waals surface area contributed by atoms with Crippen LogP contribution in [0.25, 0.3) is 0 Å². The smallest absolute Gasteiger partial charge is 0.287 e. The highest BCUT2D eigenvalue weighted by atomic mass is 16.6. The fourth-order valence-corrected chi connectivity index (χ4v) is 1.30. The lowest BCUT2D eigenvalue weighted by atomic mass is 10.0. The number of nitrogens with one attached hydrogen (secondary N) is 1. The summed E-state index contributed by atoms with van der Waals surface area (Å²) in [5.74, 6) is 0. The third-order valence-corrected chi connectivity index (χ3v) is 2.31. The molecule has 0 heterocycles. The van der Waals surface area contributed by atoms with Gasteiger partial charge in [-0.05, 0) is 26.0 Å². The summed E-state index contributed by atoms with van der Waals surface area (Å²) >= 11 is 0. The Bertz CT molecular complexity index is 477. The molecule has 0 aliphatic carbocycles. The maximum atomic E-state index is 10.6. The largest absolute Gasteiger partial charge is 0.379 e. The normalized spacial score (nSPS) is 10.7. The number of nitriles is 1. The predicted octanol–water partition coefficient (Wildman–Crippen LogP) is 1.62. The minimum atomic E-state index is -0.573. The summed E-state index contributed by atoms with van der Waals surface area (Å²) in [4.78, 5) is 10.1. The van der Waals surface area contributed by atoms with E-state index in [9.17, 15) is 10.1 Å². The predicted molar refractivity (Wildman–Crippen MR) is 64.6 cm³/mol. The molecular formula is C11H14N4O2. The molecule has 6 nitrogen and oxygen atoms in total. The van der Waals surface area contributed by atoms with E-state index in [0.717, 1.165) is 0 Å². The summed E-state index contributed by atoms with van der Waals surface area (Å²) in [6, 6.07) is 6.14. The van der Waals surface area contributed by atoms with E-state index in [1.807, 2.05) is 19.9 Å². The van der Waals surface area contributed by atoms with Crippen molar-refractivity contribution in [2.24, 2.45) is 5.73 Å². The van der Waals surface area contributed by atoms with Crippen molar-refractivity contribution in [2.75, 3.05) is 11.9 Å².